The number of rotatable bonds is 4. The van der Waals surface area contributed by atoms with Gasteiger partial charge in [0.2, 0.25) is 12.7 Å². The van der Waals surface area contributed by atoms with E-state index >= 15 is 0 Å². The first-order valence-corrected chi connectivity index (χ1v) is 8.83. The maximum absolute atomic E-state index is 12.2. The van der Waals surface area contributed by atoms with E-state index in [-0.39, 0.29) is 19.1 Å². The van der Waals surface area contributed by atoms with Gasteiger partial charge in [-0.1, -0.05) is 29.8 Å². The van der Waals surface area contributed by atoms with Crippen LogP contribution in [-0.4, -0.2) is 17.7 Å². The van der Waals surface area contributed by atoms with Crippen LogP contribution in [0.3, 0.4) is 0 Å². The van der Waals surface area contributed by atoms with E-state index in [1.54, 1.807) is 6.07 Å². The first kappa shape index (κ1) is 15.9. The Morgan fingerprint density at radius 1 is 1.20 bits per heavy atom. The number of aromatic nitrogens is 1. The number of carbonyl (C=O) groups excluding carboxylic acids is 1. The highest BCUT2D eigenvalue weighted by molar-refractivity contribution is 7.14. The van der Waals surface area contributed by atoms with Crippen LogP contribution in [0.15, 0.2) is 47.8 Å². The van der Waals surface area contributed by atoms with Gasteiger partial charge < -0.3 is 14.8 Å². The Labute approximate surface area is 153 Å². The first-order valence-electron chi connectivity index (χ1n) is 7.58. The van der Waals surface area contributed by atoms with Gasteiger partial charge in [0.05, 0.1) is 12.1 Å². The number of nitrogens with one attached hydrogen (secondary N) is 1. The molecule has 0 spiro atoms. The van der Waals surface area contributed by atoms with Crippen molar-refractivity contribution in [1.29, 1.82) is 0 Å². The molecule has 5 nitrogen and oxygen atoms in total. The topological polar surface area (TPSA) is 60.5 Å². The smallest absolute Gasteiger partial charge is 0.231 e. The SMILES string of the molecule is O=C(Cc1ccccc1Cl)Nc1nc(-c2ccc3c(c2)OCO3)cs1. The van der Waals surface area contributed by atoms with E-state index in [4.69, 9.17) is 21.1 Å². The van der Waals surface area contributed by atoms with Crippen LogP contribution in [0.2, 0.25) is 5.02 Å². The largest absolute Gasteiger partial charge is 0.454 e. The Kier molecular flexibility index (Phi) is 4.29. The Morgan fingerprint density at radius 3 is 2.92 bits per heavy atom. The number of halogens is 1. The van der Waals surface area contributed by atoms with Crippen LogP contribution >= 0.6 is 22.9 Å². The molecule has 126 valence electrons. The van der Waals surface area contributed by atoms with E-state index in [1.807, 2.05) is 41.8 Å². The predicted molar refractivity (Wildman–Crippen MR) is 97.5 cm³/mol. The zero-order valence-corrected chi connectivity index (χ0v) is 14.6. The van der Waals surface area contributed by atoms with Crippen molar-refractivity contribution in [2.75, 3.05) is 12.1 Å². The van der Waals surface area contributed by atoms with Gasteiger partial charge in [0.15, 0.2) is 16.6 Å². The summed E-state index contributed by atoms with van der Waals surface area (Å²) in [6, 6.07) is 12.9. The highest BCUT2D eigenvalue weighted by Gasteiger charge is 2.15. The van der Waals surface area contributed by atoms with Crippen molar-refractivity contribution in [2.45, 2.75) is 6.42 Å². The number of hydrogen-bond acceptors (Lipinski definition) is 5. The molecule has 0 atom stereocenters. The van der Waals surface area contributed by atoms with Crippen molar-refractivity contribution in [1.82, 2.24) is 4.98 Å². The Morgan fingerprint density at radius 2 is 2.04 bits per heavy atom. The lowest BCUT2D eigenvalue weighted by Crippen LogP contribution is -2.14. The lowest BCUT2D eigenvalue weighted by atomic mass is 10.1. The van der Waals surface area contributed by atoms with Gasteiger partial charge in [-0.25, -0.2) is 4.98 Å². The molecule has 4 rings (SSSR count). The molecule has 1 aromatic heterocycles. The van der Waals surface area contributed by atoms with E-state index in [9.17, 15) is 4.79 Å². The summed E-state index contributed by atoms with van der Waals surface area (Å²) >= 11 is 7.46. The average molecular weight is 373 g/mol. The van der Waals surface area contributed by atoms with Crippen molar-refractivity contribution in [3.8, 4) is 22.8 Å². The number of carbonyl (C=O) groups is 1. The van der Waals surface area contributed by atoms with Crippen molar-refractivity contribution < 1.29 is 14.3 Å². The maximum atomic E-state index is 12.2. The van der Waals surface area contributed by atoms with Crippen LogP contribution in [0.25, 0.3) is 11.3 Å². The highest BCUT2D eigenvalue weighted by Crippen LogP contribution is 2.36. The summed E-state index contributed by atoms with van der Waals surface area (Å²) in [5, 5.41) is 5.83. The quantitative estimate of drug-likeness (QED) is 0.738. The Hall–Kier alpha value is -2.57. The van der Waals surface area contributed by atoms with Gasteiger partial charge in [-0.15, -0.1) is 11.3 Å². The van der Waals surface area contributed by atoms with Gasteiger partial charge in [0, 0.05) is 16.0 Å². The van der Waals surface area contributed by atoms with Gasteiger partial charge in [-0.3, -0.25) is 4.79 Å². The number of ether oxygens (including phenoxy) is 2. The molecule has 2 heterocycles. The maximum Gasteiger partial charge on any atom is 0.231 e. The molecular weight excluding hydrogens is 360 g/mol. The van der Waals surface area contributed by atoms with Crippen LogP contribution in [0.4, 0.5) is 5.13 Å². The summed E-state index contributed by atoms with van der Waals surface area (Å²) in [7, 11) is 0. The minimum atomic E-state index is -0.153. The van der Waals surface area contributed by atoms with Gasteiger partial charge >= 0.3 is 0 Å². The Balaban J connectivity index is 1.46. The summed E-state index contributed by atoms with van der Waals surface area (Å²) in [6.07, 6.45) is 0.207. The Bertz CT molecular complexity index is 942. The van der Waals surface area contributed by atoms with E-state index < -0.39 is 0 Å². The number of fused-ring (bicyclic) bond motifs is 1. The molecule has 1 aliphatic heterocycles. The molecule has 1 amide bonds. The number of anilines is 1. The van der Waals surface area contributed by atoms with Gasteiger partial charge in [0.25, 0.3) is 0 Å². The molecule has 1 aliphatic rings. The van der Waals surface area contributed by atoms with Crippen molar-refractivity contribution in [3.63, 3.8) is 0 Å². The summed E-state index contributed by atoms with van der Waals surface area (Å²) in [5.41, 5.74) is 2.47. The summed E-state index contributed by atoms with van der Waals surface area (Å²) in [5.74, 6) is 1.28. The number of thiazole rings is 1. The van der Waals surface area contributed by atoms with Crippen LogP contribution in [-0.2, 0) is 11.2 Å². The van der Waals surface area contributed by atoms with Crippen LogP contribution < -0.4 is 14.8 Å². The minimum absolute atomic E-state index is 0.153. The second-order valence-corrected chi connectivity index (χ2v) is 6.69. The fraction of sp³-hybridized carbons (Fsp3) is 0.111. The van der Waals surface area contributed by atoms with Gasteiger partial charge in [-0.05, 0) is 29.8 Å². The van der Waals surface area contributed by atoms with Gasteiger partial charge in [0.1, 0.15) is 0 Å². The number of amides is 1. The second kappa shape index (κ2) is 6.74. The molecule has 0 saturated heterocycles. The van der Waals surface area contributed by atoms with E-state index in [0.29, 0.717) is 15.9 Å². The zero-order valence-electron chi connectivity index (χ0n) is 13.0. The molecule has 0 unspecified atom stereocenters. The standard InChI is InChI=1S/C18H13ClN2O3S/c19-13-4-2-1-3-11(13)8-17(22)21-18-20-14(9-25-18)12-5-6-15-16(7-12)24-10-23-15/h1-7,9H,8,10H2,(H,20,21,22). The van der Waals surface area contributed by atoms with Crippen LogP contribution in [0, 0.1) is 0 Å². The lowest BCUT2D eigenvalue weighted by Gasteiger charge is -2.04. The highest BCUT2D eigenvalue weighted by atomic mass is 35.5. The zero-order chi connectivity index (χ0) is 17.2. The van der Waals surface area contributed by atoms with Crippen LogP contribution in [0.5, 0.6) is 11.5 Å². The number of nitrogens with zero attached hydrogens (tertiary/aromatic N) is 1. The molecule has 0 fully saturated rings. The molecule has 0 radical (unpaired) electrons. The van der Waals surface area contributed by atoms with Crippen molar-refractivity contribution in [3.05, 3.63) is 58.4 Å². The van der Waals surface area contributed by atoms with Gasteiger partial charge in [-0.2, -0.15) is 0 Å². The van der Waals surface area contributed by atoms with E-state index in [2.05, 4.69) is 10.3 Å². The number of benzene rings is 2. The molecule has 7 heteroatoms. The summed E-state index contributed by atoms with van der Waals surface area (Å²) in [6.45, 7) is 0.235. The molecule has 0 aliphatic carbocycles. The molecule has 25 heavy (non-hydrogen) atoms. The monoisotopic (exact) mass is 372 g/mol. The molecule has 2 aromatic carbocycles. The fourth-order valence-corrected chi connectivity index (χ4v) is 3.44. The third kappa shape index (κ3) is 3.45. The van der Waals surface area contributed by atoms with E-state index in [0.717, 1.165) is 22.6 Å². The second-order valence-electron chi connectivity index (χ2n) is 5.42. The predicted octanol–water partition coefficient (Wildman–Crippen LogP) is 4.37. The fourth-order valence-electron chi connectivity index (χ4n) is 2.50. The minimum Gasteiger partial charge on any atom is -0.454 e. The lowest BCUT2D eigenvalue weighted by molar-refractivity contribution is -0.115. The molecule has 1 N–H and O–H groups in total. The first-order chi connectivity index (χ1) is 12.2. The average Bonchev–Trinajstić information content (AvgIpc) is 3.25. The summed E-state index contributed by atoms with van der Waals surface area (Å²) < 4.78 is 10.7. The van der Waals surface area contributed by atoms with E-state index in [1.165, 1.54) is 11.3 Å². The third-order valence-corrected chi connectivity index (χ3v) is 4.85. The van der Waals surface area contributed by atoms with Crippen molar-refractivity contribution in [2.24, 2.45) is 0 Å². The normalized spacial score (nSPS) is 12.2. The molecule has 3 aromatic rings. The summed E-state index contributed by atoms with van der Waals surface area (Å²) in [4.78, 5) is 16.7. The molecular formula is C18H13ClN2O3S. The third-order valence-electron chi connectivity index (χ3n) is 3.73. The van der Waals surface area contributed by atoms with Crippen molar-refractivity contribution >= 4 is 34.0 Å². The molecule has 0 bridgehead atoms. The number of hydrogen-bond donors (Lipinski definition) is 1. The van der Waals surface area contributed by atoms with Crippen LogP contribution in [0.1, 0.15) is 5.56 Å². The molecule has 0 saturated carbocycles.